The smallest absolute Gasteiger partial charge is 0.252 e. The monoisotopic (exact) mass is 396 g/mol. The standard InChI is InChI=1S/C18H20N2O4S.ClH/c1-18(15(11-19)4-3-5-17(18)24-2)25(22,23)20-9-8-14-10-13(12-21)6-7-16(14)20;/h3-10,12,15H,11,19H2,1-2H3;1H. The molecular weight excluding hydrogens is 376 g/mol. The number of carbonyl (C=O) groups is 1. The lowest BCUT2D eigenvalue weighted by atomic mass is 9.87. The summed E-state index contributed by atoms with van der Waals surface area (Å²) in [6.07, 6.45) is 7.43. The molecule has 2 atom stereocenters. The molecule has 0 spiro atoms. The van der Waals surface area contributed by atoms with Gasteiger partial charge in [-0.1, -0.05) is 12.2 Å². The molecule has 1 aromatic carbocycles. The minimum absolute atomic E-state index is 0. The van der Waals surface area contributed by atoms with Gasteiger partial charge < -0.3 is 10.5 Å². The van der Waals surface area contributed by atoms with E-state index in [1.54, 1.807) is 49.4 Å². The van der Waals surface area contributed by atoms with E-state index in [1.165, 1.54) is 17.3 Å². The Morgan fingerprint density at radius 3 is 2.69 bits per heavy atom. The molecule has 0 aliphatic heterocycles. The quantitative estimate of drug-likeness (QED) is 0.784. The molecule has 0 radical (unpaired) electrons. The van der Waals surface area contributed by atoms with Gasteiger partial charge in [0.2, 0.25) is 0 Å². The van der Waals surface area contributed by atoms with Gasteiger partial charge in [0.25, 0.3) is 10.0 Å². The van der Waals surface area contributed by atoms with Crippen LogP contribution in [0.5, 0.6) is 0 Å². The molecule has 0 fully saturated rings. The Labute approximate surface area is 158 Å². The summed E-state index contributed by atoms with van der Waals surface area (Å²) in [6, 6.07) is 6.56. The normalized spacial score (nSPS) is 22.6. The van der Waals surface area contributed by atoms with E-state index in [0.29, 0.717) is 22.2 Å². The van der Waals surface area contributed by atoms with Crippen LogP contribution < -0.4 is 5.73 Å². The molecule has 1 aliphatic carbocycles. The van der Waals surface area contributed by atoms with Crippen LogP contribution in [0.25, 0.3) is 10.9 Å². The van der Waals surface area contributed by atoms with Gasteiger partial charge in [0, 0.05) is 29.6 Å². The highest BCUT2D eigenvalue weighted by atomic mass is 35.5. The number of halogens is 1. The number of aldehydes is 1. The van der Waals surface area contributed by atoms with Crippen LogP contribution in [0.2, 0.25) is 0 Å². The largest absolute Gasteiger partial charge is 0.499 e. The predicted octanol–water partition coefficient (Wildman–Crippen LogP) is 2.49. The first-order valence-corrected chi connectivity index (χ1v) is 9.28. The molecule has 0 saturated carbocycles. The van der Waals surface area contributed by atoms with Gasteiger partial charge >= 0.3 is 0 Å². The molecule has 26 heavy (non-hydrogen) atoms. The topological polar surface area (TPSA) is 91.4 Å². The lowest BCUT2D eigenvalue weighted by molar-refractivity contribution is 0.112. The van der Waals surface area contributed by atoms with Crippen LogP contribution in [0.4, 0.5) is 0 Å². The van der Waals surface area contributed by atoms with Crippen molar-refractivity contribution in [2.45, 2.75) is 11.7 Å². The van der Waals surface area contributed by atoms with Crippen molar-refractivity contribution in [1.29, 1.82) is 0 Å². The summed E-state index contributed by atoms with van der Waals surface area (Å²) in [4.78, 5) is 10.9. The fraction of sp³-hybridized carbons (Fsp3) is 0.278. The zero-order valence-corrected chi connectivity index (χ0v) is 16.1. The van der Waals surface area contributed by atoms with Gasteiger partial charge in [-0.2, -0.15) is 0 Å². The zero-order chi connectivity index (χ0) is 18.2. The number of fused-ring (bicyclic) bond motifs is 1. The number of rotatable bonds is 5. The average Bonchev–Trinajstić information content (AvgIpc) is 3.05. The number of ether oxygens (including phenoxy) is 1. The molecule has 1 heterocycles. The predicted molar refractivity (Wildman–Crippen MR) is 104 cm³/mol. The first-order valence-electron chi connectivity index (χ1n) is 7.84. The maximum Gasteiger partial charge on any atom is 0.252 e. The first-order chi connectivity index (χ1) is 11.9. The Kier molecular flexibility index (Phi) is 5.65. The lowest BCUT2D eigenvalue weighted by Crippen LogP contribution is -2.50. The van der Waals surface area contributed by atoms with Gasteiger partial charge in [-0.25, -0.2) is 12.4 Å². The molecule has 6 nitrogen and oxygen atoms in total. The highest BCUT2D eigenvalue weighted by molar-refractivity contribution is 7.91. The van der Waals surface area contributed by atoms with Crippen LogP contribution in [-0.2, 0) is 14.8 Å². The third-order valence-electron chi connectivity index (χ3n) is 4.87. The third kappa shape index (κ3) is 2.76. The molecule has 2 unspecified atom stereocenters. The lowest BCUT2D eigenvalue weighted by Gasteiger charge is -2.37. The van der Waals surface area contributed by atoms with Crippen molar-refractivity contribution in [2.75, 3.05) is 13.7 Å². The van der Waals surface area contributed by atoms with E-state index in [1.807, 2.05) is 0 Å². The first kappa shape index (κ1) is 20.2. The number of nitrogens with two attached hydrogens (primary N) is 1. The van der Waals surface area contributed by atoms with Crippen molar-refractivity contribution in [2.24, 2.45) is 11.7 Å². The minimum atomic E-state index is -3.88. The van der Waals surface area contributed by atoms with E-state index in [4.69, 9.17) is 10.5 Å². The van der Waals surface area contributed by atoms with Crippen molar-refractivity contribution in [3.63, 3.8) is 0 Å². The molecule has 0 bridgehead atoms. The van der Waals surface area contributed by atoms with Crippen LogP contribution in [0.15, 0.2) is 54.4 Å². The molecular formula is C18H21ClN2O4S. The number of hydrogen-bond donors (Lipinski definition) is 1. The zero-order valence-electron chi connectivity index (χ0n) is 14.5. The van der Waals surface area contributed by atoms with Gasteiger partial charge in [-0.05, 0) is 37.3 Å². The summed E-state index contributed by atoms with van der Waals surface area (Å²) in [5, 5.41) is 0.676. The molecule has 140 valence electrons. The summed E-state index contributed by atoms with van der Waals surface area (Å²) in [5.74, 6) is -0.0824. The number of aromatic nitrogens is 1. The van der Waals surface area contributed by atoms with Gasteiger partial charge in [-0.3, -0.25) is 4.79 Å². The SMILES string of the molecule is COC1=CC=CC(CN)C1(C)S(=O)(=O)n1ccc2cc(C=O)ccc21.Cl. The van der Waals surface area contributed by atoms with E-state index < -0.39 is 20.7 Å². The highest BCUT2D eigenvalue weighted by Gasteiger charge is 2.51. The second-order valence-corrected chi connectivity index (χ2v) is 8.31. The molecule has 2 N–H and O–H groups in total. The van der Waals surface area contributed by atoms with Crippen LogP contribution in [0.3, 0.4) is 0 Å². The second kappa shape index (κ2) is 7.26. The number of allylic oxidation sites excluding steroid dienone is 2. The van der Waals surface area contributed by atoms with Crippen molar-refractivity contribution in [3.05, 3.63) is 60.0 Å². The second-order valence-electron chi connectivity index (χ2n) is 6.12. The summed E-state index contributed by atoms with van der Waals surface area (Å²) in [5.41, 5.74) is 6.85. The van der Waals surface area contributed by atoms with Crippen molar-refractivity contribution >= 4 is 39.6 Å². The fourth-order valence-corrected chi connectivity index (χ4v) is 5.34. The highest BCUT2D eigenvalue weighted by Crippen LogP contribution is 2.40. The Bertz CT molecular complexity index is 994. The number of nitrogens with zero attached hydrogens (tertiary/aromatic N) is 1. The maximum absolute atomic E-state index is 13.6. The summed E-state index contributed by atoms with van der Waals surface area (Å²) in [7, 11) is -2.43. The Morgan fingerprint density at radius 1 is 1.35 bits per heavy atom. The molecule has 3 rings (SSSR count). The molecule has 0 saturated heterocycles. The number of carbonyl (C=O) groups excluding carboxylic acids is 1. The van der Waals surface area contributed by atoms with Crippen LogP contribution in [0, 0.1) is 5.92 Å². The van der Waals surface area contributed by atoms with Gasteiger partial charge in [0.1, 0.15) is 12.0 Å². The summed E-state index contributed by atoms with van der Waals surface area (Å²) >= 11 is 0. The van der Waals surface area contributed by atoms with Crippen molar-refractivity contribution < 1.29 is 17.9 Å². The molecule has 2 aromatic rings. The van der Waals surface area contributed by atoms with Crippen LogP contribution in [-0.4, -0.2) is 37.1 Å². The van der Waals surface area contributed by atoms with Crippen molar-refractivity contribution in [3.8, 4) is 0 Å². The van der Waals surface area contributed by atoms with E-state index in [9.17, 15) is 13.2 Å². The fourth-order valence-electron chi connectivity index (χ4n) is 3.32. The number of methoxy groups -OCH3 is 1. The van der Waals surface area contributed by atoms with E-state index in [2.05, 4.69) is 0 Å². The van der Waals surface area contributed by atoms with E-state index >= 15 is 0 Å². The minimum Gasteiger partial charge on any atom is -0.499 e. The van der Waals surface area contributed by atoms with Crippen LogP contribution >= 0.6 is 12.4 Å². The van der Waals surface area contributed by atoms with Gasteiger partial charge in [0.15, 0.2) is 4.75 Å². The molecule has 0 amide bonds. The maximum atomic E-state index is 13.6. The third-order valence-corrected chi connectivity index (χ3v) is 7.28. The molecule has 1 aromatic heterocycles. The summed E-state index contributed by atoms with van der Waals surface area (Å²) in [6.45, 7) is 1.80. The number of benzene rings is 1. The van der Waals surface area contributed by atoms with E-state index in [-0.39, 0.29) is 19.0 Å². The van der Waals surface area contributed by atoms with Gasteiger partial charge in [0.05, 0.1) is 12.6 Å². The average molecular weight is 397 g/mol. The van der Waals surface area contributed by atoms with Crippen LogP contribution in [0.1, 0.15) is 17.3 Å². The Morgan fingerprint density at radius 2 is 2.08 bits per heavy atom. The Balaban J connectivity index is 0.00000243. The summed E-state index contributed by atoms with van der Waals surface area (Å²) < 4.78 is 32.4. The van der Waals surface area contributed by atoms with E-state index in [0.717, 1.165) is 6.29 Å². The van der Waals surface area contributed by atoms with Crippen molar-refractivity contribution in [1.82, 2.24) is 3.97 Å². The molecule has 8 heteroatoms. The Hall–Kier alpha value is -2.09. The van der Waals surface area contributed by atoms with Gasteiger partial charge in [-0.15, -0.1) is 12.4 Å². The molecule has 1 aliphatic rings. The number of hydrogen-bond acceptors (Lipinski definition) is 5.